The average molecular weight is 265 g/mol. The Labute approximate surface area is 107 Å². The van der Waals surface area contributed by atoms with Gasteiger partial charge >= 0.3 is 5.97 Å². The molecule has 18 heavy (non-hydrogen) atoms. The predicted molar refractivity (Wildman–Crippen MR) is 62.6 cm³/mol. The van der Waals surface area contributed by atoms with Gasteiger partial charge in [-0.15, -0.1) is 0 Å². The highest BCUT2D eigenvalue weighted by Crippen LogP contribution is 2.16. The molecule has 0 saturated carbocycles. The number of rotatable bonds is 7. The summed E-state index contributed by atoms with van der Waals surface area (Å²) in [5.41, 5.74) is 1.53. The van der Waals surface area contributed by atoms with Crippen molar-refractivity contribution in [3.05, 3.63) is 0 Å². The number of carbonyl (C=O) groups is 1. The van der Waals surface area contributed by atoms with E-state index in [-0.39, 0.29) is 13.2 Å². The minimum Gasteiger partial charge on any atom is -0.434 e. The van der Waals surface area contributed by atoms with Gasteiger partial charge in [-0.25, -0.2) is 9.85 Å². The molecule has 0 bridgehead atoms. The lowest BCUT2D eigenvalue weighted by Gasteiger charge is -2.26. The van der Waals surface area contributed by atoms with Crippen molar-refractivity contribution in [3.63, 3.8) is 0 Å². The molecule has 108 valence electrons. The van der Waals surface area contributed by atoms with Crippen LogP contribution in [0, 0.1) is 5.41 Å². The Hall–Kier alpha value is -0.770. The molecule has 8 heteroatoms. The van der Waals surface area contributed by atoms with Gasteiger partial charge in [-0.2, -0.15) is 0 Å². The molecule has 0 aliphatic carbocycles. The lowest BCUT2D eigenvalue weighted by molar-refractivity contribution is -0.361. The molecule has 0 aromatic rings. The van der Waals surface area contributed by atoms with Crippen LogP contribution in [-0.4, -0.2) is 53.1 Å². The molecule has 0 aromatic heterocycles. The minimum absolute atomic E-state index is 0.121. The van der Waals surface area contributed by atoms with Crippen molar-refractivity contribution in [3.8, 4) is 0 Å². The van der Waals surface area contributed by atoms with E-state index in [1.54, 1.807) is 20.8 Å². The lowest BCUT2D eigenvalue weighted by atomic mass is 9.97. The highest BCUT2D eigenvalue weighted by molar-refractivity contribution is 5.75. The van der Waals surface area contributed by atoms with Crippen molar-refractivity contribution in [2.24, 2.45) is 5.41 Å². The van der Waals surface area contributed by atoms with Gasteiger partial charge in [0.2, 0.25) is 6.29 Å². The molecule has 0 aliphatic heterocycles. The number of aliphatic hydroxyl groups excluding tert-OH is 1. The topological polar surface area (TPSA) is 94.5 Å². The van der Waals surface area contributed by atoms with Gasteiger partial charge in [-0.1, -0.05) is 5.59 Å². The number of esters is 1. The highest BCUT2D eigenvalue weighted by atomic mass is 16.8. The molecule has 0 rings (SSSR count). The van der Waals surface area contributed by atoms with Gasteiger partial charge in [0.15, 0.2) is 0 Å². The van der Waals surface area contributed by atoms with Crippen LogP contribution in [0.4, 0.5) is 0 Å². The van der Waals surface area contributed by atoms with E-state index < -0.39 is 17.7 Å². The molecule has 0 fully saturated rings. The maximum Gasteiger partial charge on any atom is 0.313 e. The summed E-state index contributed by atoms with van der Waals surface area (Å²) >= 11 is 0. The lowest BCUT2D eigenvalue weighted by Crippen LogP contribution is -2.49. The van der Waals surface area contributed by atoms with E-state index in [0.717, 1.165) is 0 Å². The third-order valence-corrected chi connectivity index (χ3v) is 1.93. The summed E-state index contributed by atoms with van der Waals surface area (Å²) in [4.78, 5) is 16.4. The number of carbonyl (C=O) groups excluding carboxylic acids is 1. The normalized spacial score (nSPS) is 14.1. The first-order chi connectivity index (χ1) is 8.18. The van der Waals surface area contributed by atoms with Crippen molar-refractivity contribution in [1.29, 1.82) is 0 Å². The Morgan fingerprint density at radius 3 is 2.44 bits per heavy atom. The van der Waals surface area contributed by atoms with Gasteiger partial charge < -0.3 is 9.84 Å². The van der Waals surface area contributed by atoms with Crippen molar-refractivity contribution in [2.75, 3.05) is 20.2 Å². The SMILES string of the molecule is CC(ONN(O)N(C)CCO)OC(=O)C(C)(C)C. The first kappa shape index (κ1) is 17.2. The quantitative estimate of drug-likeness (QED) is 0.333. The second kappa shape index (κ2) is 7.62. The molecule has 1 unspecified atom stereocenters. The van der Waals surface area contributed by atoms with Gasteiger partial charge in [-0.3, -0.25) is 10.0 Å². The first-order valence-corrected chi connectivity index (χ1v) is 5.61. The Kier molecular flexibility index (Phi) is 7.29. The van der Waals surface area contributed by atoms with Gasteiger partial charge in [0.05, 0.1) is 12.0 Å². The van der Waals surface area contributed by atoms with E-state index in [4.69, 9.17) is 14.7 Å². The minimum atomic E-state index is -0.867. The fourth-order valence-corrected chi connectivity index (χ4v) is 0.782. The largest absolute Gasteiger partial charge is 0.434 e. The number of likely N-dealkylation sites (N-methyl/N-ethyl adjacent to an activating group) is 1. The van der Waals surface area contributed by atoms with Crippen LogP contribution in [0.2, 0.25) is 0 Å². The van der Waals surface area contributed by atoms with E-state index >= 15 is 0 Å². The number of hydrogen-bond donors (Lipinski definition) is 3. The highest BCUT2D eigenvalue weighted by Gasteiger charge is 2.25. The number of nitrogens with one attached hydrogen (secondary N) is 1. The number of hydrazine groups is 2. The van der Waals surface area contributed by atoms with E-state index in [9.17, 15) is 10.0 Å². The number of nitrogens with zero attached hydrogens (tertiary/aromatic N) is 2. The third-order valence-electron chi connectivity index (χ3n) is 1.93. The van der Waals surface area contributed by atoms with E-state index in [1.165, 1.54) is 19.0 Å². The molecule has 0 amide bonds. The Bertz CT molecular complexity index is 256. The van der Waals surface area contributed by atoms with Crippen LogP contribution in [0.3, 0.4) is 0 Å². The molecule has 0 aliphatic rings. The maximum absolute atomic E-state index is 11.5. The molecule has 1 atom stereocenters. The number of hydrogen-bond acceptors (Lipinski definition) is 8. The van der Waals surface area contributed by atoms with E-state index in [0.29, 0.717) is 5.28 Å². The monoisotopic (exact) mass is 265 g/mol. The Morgan fingerprint density at radius 2 is 2.00 bits per heavy atom. The first-order valence-electron chi connectivity index (χ1n) is 5.61. The van der Waals surface area contributed by atoms with Crippen molar-refractivity contribution < 1.29 is 24.7 Å². The maximum atomic E-state index is 11.5. The summed E-state index contributed by atoms with van der Waals surface area (Å²) in [7, 11) is 1.53. The van der Waals surface area contributed by atoms with Crippen LogP contribution in [0.1, 0.15) is 27.7 Å². The summed E-state index contributed by atoms with van der Waals surface area (Å²) in [6.45, 7) is 6.78. The Morgan fingerprint density at radius 1 is 1.44 bits per heavy atom. The summed E-state index contributed by atoms with van der Waals surface area (Å²) in [6, 6.07) is 0. The van der Waals surface area contributed by atoms with Crippen molar-refractivity contribution in [2.45, 2.75) is 34.0 Å². The zero-order valence-corrected chi connectivity index (χ0v) is 11.5. The second-order valence-corrected chi connectivity index (χ2v) is 4.83. The fourth-order valence-electron chi connectivity index (χ4n) is 0.782. The smallest absolute Gasteiger partial charge is 0.313 e. The molecule has 8 nitrogen and oxygen atoms in total. The standard InChI is InChI=1S/C10H23N3O5/c1-8(17-9(15)10(2,3)4)18-11-13(16)12(5)6-7-14/h8,11,14,16H,6-7H2,1-5H3. The zero-order chi connectivity index (χ0) is 14.3. The van der Waals surface area contributed by atoms with Crippen LogP contribution in [-0.2, 0) is 14.4 Å². The van der Waals surface area contributed by atoms with Gasteiger partial charge in [0.1, 0.15) is 0 Å². The van der Waals surface area contributed by atoms with Crippen molar-refractivity contribution in [1.82, 2.24) is 15.9 Å². The molecule has 0 aromatic carbocycles. The molecule has 0 heterocycles. The summed E-state index contributed by atoms with van der Waals surface area (Å²) < 4.78 is 4.98. The fraction of sp³-hybridized carbons (Fsp3) is 0.900. The molecular weight excluding hydrogens is 242 g/mol. The molecule has 0 radical (unpaired) electrons. The molecule has 0 saturated heterocycles. The predicted octanol–water partition coefficient (Wildman–Crippen LogP) is -0.112. The molecular formula is C10H23N3O5. The van der Waals surface area contributed by atoms with Crippen LogP contribution < -0.4 is 5.59 Å². The van der Waals surface area contributed by atoms with E-state index in [1.807, 2.05) is 0 Å². The van der Waals surface area contributed by atoms with Crippen LogP contribution in [0.15, 0.2) is 0 Å². The second-order valence-electron chi connectivity index (χ2n) is 4.83. The van der Waals surface area contributed by atoms with Gasteiger partial charge in [0, 0.05) is 13.6 Å². The summed E-state index contributed by atoms with van der Waals surface area (Å²) in [5, 5.41) is 19.8. The zero-order valence-electron chi connectivity index (χ0n) is 11.5. The van der Waals surface area contributed by atoms with Gasteiger partial charge in [0.25, 0.3) is 0 Å². The number of aliphatic hydroxyl groups is 1. The summed E-state index contributed by atoms with van der Waals surface area (Å²) in [5.74, 6) is -0.412. The van der Waals surface area contributed by atoms with Crippen LogP contribution in [0.5, 0.6) is 0 Å². The van der Waals surface area contributed by atoms with Crippen LogP contribution in [0.25, 0.3) is 0 Å². The van der Waals surface area contributed by atoms with Gasteiger partial charge in [-0.05, 0) is 33.0 Å². The van der Waals surface area contributed by atoms with E-state index in [2.05, 4.69) is 5.59 Å². The average Bonchev–Trinajstić information content (AvgIpc) is 2.24. The molecule has 0 spiro atoms. The number of ether oxygens (including phenoxy) is 1. The molecule has 3 N–H and O–H groups in total. The van der Waals surface area contributed by atoms with Crippen molar-refractivity contribution >= 4 is 5.97 Å². The van der Waals surface area contributed by atoms with Crippen LogP contribution >= 0.6 is 0 Å². The third kappa shape index (κ3) is 6.84. The summed E-state index contributed by atoms with van der Waals surface area (Å²) in [6.07, 6.45) is -0.867. The Balaban J connectivity index is 3.97.